The van der Waals surface area contributed by atoms with Crippen LogP contribution in [0.5, 0.6) is 0 Å². The molecule has 2 N–H and O–H groups in total. The lowest BCUT2D eigenvalue weighted by Crippen LogP contribution is -2.15. The number of nitrogens with zero attached hydrogens (tertiary/aromatic N) is 1. The van der Waals surface area contributed by atoms with Crippen LogP contribution in [-0.4, -0.2) is 33.5 Å². The van der Waals surface area contributed by atoms with Crippen LogP contribution in [0.4, 0.5) is 6.01 Å². The molecule has 82 valence electrons. The van der Waals surface area contributed by atoms with E-state index in [2.05, 4.69) is 10.3 Å². The maximum absolute atomic E-state index is 11.2. The highest BCUT2D eigenvalue weighted by Gasteiger charge is 2.07. The van der Waals surface area contributed by atoms with Crippen LogP contribution in [0.1, 0.15) is 5.69 Å². The molecule has 0 spiro atoms. The number of hydrogen-bond acceptors (Lipinski definition) is 5. The van der Waals surface area contributed by atoms with Gasteiger partial charge in [-0.1, -0.05) is 0 Å². The Bertz CT molecular complexity index is 363. The number of aliphatic carboxylic acids is 1. The molecule has 0 bridgehead atoms. The van der Waals surface area contributed by atoms with E-state index in [9.17, 15) is 9.59 Å². The minimum atomic E-state index is -0.945. The van der Waals surface area contributed by atoms with Gasteiger partial charge < -0.3 is 9.52 Å². The average Bonchev–Trinajstić information content (AvgIpc) is 2.50. The van der Waals surface area contributed by atoms with Gasteiger partial charge in [-0.3, -0.25) is 14.9 Å². The molecule has 0 radical (unpaired) electrons. The van der Waals surface area contributed by atoms with Gasteiger partial charge in [0.05, 0.1) is 17.2 Å². The van der Waals surface area contributed by atoms with Crippen LogP contribution < -0.4 is 5.32 Å². The van der Waals surface area contributed by atoms with Crippen molar-refractivity contribution in [2.24, 2.45) is 0 Å². The molecule has 15 heavy (non-hydrogen) atoms. The summed E-state index contributed by atoms with van der Waals surface area (Å²) in [5.41, 5.74) is 0.670. The fraction of sp³-hybridized carbons (Fsp3) is 0.375. The van der Waals surface area contributed by atoms with Crippen molar-refractivity contribution >= 4 is 29.7 Å². The third kappa shape index (κ3) is 4.50. The third-order valence-corrected chi connectivity index (χ3v) is 2.24. The molecule has 1 aromatic heterocycles. The summed E-state index contributed by atoms with van der Waals surface area (Å²) in [4.78, 5) is 25.2. The van der Waals surface area contributed by atoms with Crippen molar-refractivity contribution in [1.29, 1.82) is 0 Å². The predicted molar refractivity (Wildman–Crippen MR) is 54.8 cm³/mol. The maximum atomic E-state index is 11.2. The third-order valence-electron chi connectivity index (χ3n) is 1.32. The molecule has 1 heterocycles. The number of rotatable bonds is 5. The van der Waals surface area contributed by atoms with E-state index >= 15 is 0 Å². The molecule has 0 aromatic carbocycles. The Morgan fingerprint density at radius 1 is 1.60 bits per heavy atom. The fourth-order valence-electron chi connectivity index (χ4n) is 0.798. The SMILES string of the molecule is Cc1coc(NC(=O)CSCC(=O)O)n1. The van der Waals surface area contributed by atoms with E-state index < -0.39 is 5.97 Å². The van der Waals surface area contributed by atoms with Crippen LogP contribution in [0.25, 0.3) is 0 Å². The number of nitrogens with one attached hydrogen (secondary N) is 1. The van der Waals surface area contributed by atoms with Crippen LogP contribution >= 0.6 is 11.8 Å². The summed E-state index contributed by atoms with van der Waals surface area (Å²) in [6.07, 6.45) is 1.42. The number of carboxylic acids is 1. The van der Waals surface area contributed by atoms with Gasteiger partial charge >= 0.3 is 12.0 Å². The monoisotopic (exact) mass is 230 g/mol. The van der Waals surface area contributed by atoms with E-state index in [1.807, 2.05) is 0 Å². The molecule has 6 nitrogen and oxygen atoms in total. The smallest absolute Gasteiger partial charge is 0.313 e. The first-order valence-electron chi connectivity index (χ1n) is 4.09. The zero-order valence-corrected chi connectivity index (χ0v) is 8.84. The minimum absolute atomic E-state index is 0.0632. The highest BCUT2D eigenvalue weighted by molar-refractivity contribution is 8.00. The lowest BCUT2D eigenvalue weighted by atomic mass is 10.6. The molecule has 0 saturated carbocycles. The number of hydrogen-bond donors (Lipinski definition) is 2. The zero-order valence-electron chi connectivity index (χ0n) is 8.02. The Morgan fingerprint density at radius 3 is 2.87 bits per heavy atom. The summed E-state index contributed by atoms with van der Waals surface area (Å²) in [6.45, 7) is 1.73. The molecule has 0 unspecified atom stereocenters. The number of aromatic nitrogens is 1. The number of carbonyl (C=O) groups excluding carboxylic acids is 1. The largest absolute Gasteiger partial charge is 0.481 e. The second-order valence-electron chi connectivity index (χ2n) is 2.73. The van der Waals surface area contributed by atoms with Crippen molar-refractivity contribution < 1.29 is 19.1 Å². The first-order chi connectivity index (χ1) is 7.08. The van der Waals surface area contributed by atoms with Crippen molar-refractivity contribution in [3.8, 4) is 0 Å². The topological polar surface area (TPSA) is 92.4 Å². The second-order valence-corrected chi connectivity index (χ2v) is 3.71. The van der Waals surface area contributed by atoms with Crippen LogP contribution in [0.15, 0.2) is 10.7 Å². The van der Waals surface area contributed by atoms with Crippen LogP contribution in [0.2, 0.25) is 0 Å². The normalized spacial score (nSPS) is 9.93. The Kier molecular flexibility index (Phi) is 4.17. The average molecular weight is 230 g/mol. The standard InChI is InChI=1S/C8H10N2O4S/c1-5-2-14-8(9-5)10-6(11)3-15-4-7(12)13/h2H,3-4H2,1H3,(H,12,13)(H,9,10,11). The van der Waals surface area contributed by atoms with Gasteiger partial charge in [-0.05, 0) is 6.92 Å². The number of thioether (sulfide) groups is 1. The van der Waals surface area contributed by atoms with E-state index in [-0.39, 0.29) is 23.4 Å². The summed E-state index contributed by atoms with van der Waals surface area (Å²) in [7, 11) is 0. The molecular weight excluding hydrogens is 220 g/mol. The number of carboxylic acid groups (broad SMARTS) is 1. The van der Waals surface area contributed by atoms with Crippen molar-refractivity contribution in [3.63, 3.8) is 0 Å². The number of anilines is 1. The summed E-state index contributed by atoms with van der Waals surface area (Å²) < 4.78 is 4.89. The van der Waals surface area contributed by atoms with Crippen molar-refractivity contribution in [2.45, 2.75) is 6.92 Å². The van der Waals surface area contributed by atoms with Gasteiger partial charge in [-0.2, -0.15) is 4.98 Å². The summed E-state index contributed by atoms with van der Waals surface area (Å²) in [6, 6.07) is 0.133. The van der Waals surface area contributed by atoms with Gasteiger partial charge in [0.2, 0.25) is 5.91 Å². The molecule has 0 atom stereocenters. The Morgan fingerprint density at radius 2 is 2.33 bits per heavy atom. The molecule has 0 aliphatic heterocycles. The van der Waals surface area contributed by atoms with E-state index in [1.165, 1.54) is 6.26 Å². The van der Waals surface area contributed by atoms with Gasteiger partial charge in [0.1, 0.15) is 6.26 Å². The fourth-order valence-corrected chi connectivity index (χ4v) is 1.33. The molecule has 1 rings (SSSR count). The molecule has 1 aromatic rings. The molecule has 0 saturated heterocycles. The van der Waals surface area contributed by atoms with Gasteiger partial charge in [-0.25, -0.2) is 0 Å². The summed E-state index contributed by atoms with van der Waals surface area (Å²) in [5, 5.41) is 10.7. The molecule has 0 aliphatic carbocycles. The molecule has 0 fully saturated rings. The summed E-state index contributed by atoms with van der Waals surface area (Å²) in [5.74, 6) is -1.31. The lowest BCUT2D eigenvalue weighted by molar-refractivity contribution is -0.133. The second kappa shape index (κ2) is 5.40. The van der Waals surface area contributed by atoms with Crippen LogP contribution in [0, 0.1) is 6.92 Å². The highest BCUT2D eigenvalue weighted by atomic mass is 32.2. The molecular formula is C8H10N2O4S. The highest BCUT2D eigenvalue weighted by Crippen LogP contribution is 2.07. The van der Waals surface area contributed by atoms with Crippen LogP contribution in [-0.2, 0) is 9.59 Å². The summed E-state index contributed by atoms with van der Waals surface area (Å²) >= 11 is 1.01. The van der Waals surface area contributed by atoms with Crippen molar-refractivity contribution in [2.75, 3.05) is 16.8 Å². The number of amides is 1. The quantitative estimate of drug-likeness (QED) is 0.775. The number of aryl methyl sites for hydroxylation is 1. The van der Waals surface area contributed by atoms with Crippen molar-refractivity contribution in [1.82, 2.24) is 4.98 Å². The van der Waals surface area contributed by atoms with Gasteiger partial charge in [0.15, 0.2) is 0 Å². The molecule has 0 aliphatic rings. The predicted octanol–water partition coefficient (Wildman–Crippen LogP) is 0.739. The maximum Gasteiger partial charge on any atom is 0.313 e. The minimum Gasteiger partial charge on any atom is -0.481 e. The Labute approximate surface area is 90.1 Å². The van der Waals surface area contributed by atoms with Crippen LogP contribution in [0.3, 0.4) is 0 Å². The van der Waals surface area contributed by atoms with Gasteiger partial charge in [0, 0.05) is 0 Å². The zero-order chi connectivity index (χ0) is 11.3. The Hall–Kier alpha value is -1.50. The Balaban J connectivity index is 2.27. The van der Waals surface area contributed by atoms with E-state index in [0.717, 1.165) is 11.8 Å². The molecule has 1 amide bonds. The number of carbonyl (C=O) groups is 2. The molecule has 7 heteroatoms. The van der Waals surface area contributed by atoms with Crippen molar-refractivity contribution in [3.05, 3.63) is 12.0 Å². The van der Waals surface area contributed by atoms with E-state index in [4.69, 9.17) is 9.52 Å². The van der Waals surface area contributed by atoms with Gasteiger partial charge in [-0.15, -0.1) is 11.8 Å². The van der Waals surface area contributed by atoms with Gasteiger partial charge in [0.25, 0.3) is 0 Å². The first-order valence-corrected chi connectivity index (χ1v) is 5.25. The lowest BCUT2D eigenvalue weighted by Gasteiger charge is -1.98. The van der Waals surface area contributed by atoms with E-state index in [0.29, 0.717) is 5.69 Å². The van der Waals surface area contributed by atoms with E-state index in [1.54, 1.807) is 6.92 Å². The first kappa shape index (κ1) is 11.6. The number of oxazole rings is 1.